The van der Waals surface area contributed by atoms with E-state index in [1.807, 2.05) is 55.2 Å². The Morgan fingerprint density at radius 2 is 1.83 bits per heavy atom. The van der Waals surface area contributed by atoms with E-state index in [2.05, 4.69) is 0 Å². The van der Waals surface area contributed by atoms with E-state index in [1.54, 1.807) is 6.08 Å². The quantitative estimate of drug-likeness (QED) is 0.748. The Hall–Kier alpha value is -1.61. The van der Waals surface area contributed by atoms with Crippen LogP contribution in [0.5, 0.6) is 0 Å². The van der Waals surface area contributed by atoms with Gasteiger partial charge < -0.3 is 9.64 Å². The van der Waals surface area contributed by atoms with Crippen molar-refractivity contribution in [2.24, 2.45) is 0 Å². The molecule has 1 heterocycles. The van der Waals surface area contributed by atoms with Crippen LogP contribution < -0.4 is 0 Å². The van der Waals surface area contributed by atoms with Gasteiger partial charge in [-0.25, -0.2) is 0 Å². The molecular formula is C15H19NO2. The van der Waals surface area contributed by atoms with Gasteiger partial charge in [-0.2, -0.15) is 0 Å². The molecule has 96 valence electrons. The van der Waals surface area contributed by atoms with Gasteiger partial charge >= 0.3 is 0 Å². The Balaban J connectivity index is 1.97. The van der Waals surface area contributed by atoms with Crippen LogP contribution in [0.2, 0.25) is 0 Å². The number of nitrogens with zero attached hydrogens (tertiary/aromatic N) is 1. The molecule has 2 rings (SSSR count). The van der Waals surface area contributed by atoms with Gasteiger partial charge in [0.25, 0.3) is 0 Å². The van der Waals surface area contributed by atoms with E-state index in [0.717, 1.165) is 5.56 Å². The average Bonchev–Trinajstić information content (AvgIpc) is 2.36. The molecular weight excluding hydrogens is 226 g/mol. The Morgan fingerprint density at radius 1 is 1.22 bits per heavy atom. The highest BCUT2D eigenvalue weighted by molar-refractivity contribution is 5.91. The Bertz CT molecular complexity index is 417. The molecule has 0 unspecified atom stereocenters. The standard InChI is InChI=1S/C15H19NO2/c1-12-10-16(11-13(2)18-12)15(17)9-8-14-6-4-3-5-7-14/h3-9,12-13H,10-11H2,1-2H3/b9-8+/t12-,13-/m1/s1. The zero-order valence-electron chi connectivity index (χ0n) is 10.9. The van der Waals surface area contributed by atoms with Gasteiger partial charge in [0, 0.05) is 19.2 Å². The van der Waals surface area contributed by atoms with Crippen molar-refractivity contribution in [2.45, 2.75) is 26.1 Å². The smallest absolute Gasteiger partial charge is 0.246 e. The third-order valence-corrected chi connectivity index (χ3v) is 2.95. The summed E-state index contributed by atoms with van der Waals surface area (Å²) in [7, 11) is 0. The van der Waals surface area contributed by atoms with Crippen molar-refractivity contribution in [3.63, 3.8) is 0 Å². The summed E-state index contributed by atoms with van der Waals surface area (Å²) in [5, 5.41) is 0. The van der Waals surface area contributed by atoms with Crippen LogP contribution in [0.1, 0.15) is 19.4 Å². The summed E-state index contributed by atoms with van der Waals surface area (Å²) in [5.41, 5.74) is 1.04. The topological polar surface area (TPSA) is 29.5 Å². The summed E-state index contributed by atoms with van der Waals surface area (Å²) >= 11 is 0. The molecule has 0 aliphatic carbocycles. The molecule has 3 heteroatoms. The van der Waals surface area contributed by atoms with Gasteiger partial charge in [0.05, 0.1) is 12.2 Å². The van der Waals surface area contributed by atoms with Gasteiger partial charge in [-0.15, -0.1) is 0 Å². The minimum atomic E-state index is 0.0563. The fourth-order valence-corrected chi connectivity index (χ4v) is 2.19. The van der Waals surface area contributed by atoms with Gasteiger partial charge in [-0.3, -0.25) is 4.79 Å². The number of carbonyl (C=O) groups excluding carboxylic acids is 1. The second-order valence-corrected chi connectivity index (χ2v) is 4.74. The summed E-state index contributed by atoms with van der Waals surface area (Å²) in [6.07, 6.45) is 3.72. The lowest BCUT2D eigenvalue weighted by molar-refractivity contribution is -0.137. The summed E-state index contributed by atoms with van der Waals surface area (Å²) in [4.78, 5) is 13.9. The second-order valence-electron chi connectivity index (χ2n) is 4.74. The lowest BCUT2D eigenvalue weighted by atomic mass is 10.2. The van der Waals surface area contributed by atoms with Crippen LogP contribution in [-0.4, -0.2) is 36.1 Å². The van der Waals surface area contributed by atoms with Crippen molar-refractivity contribution in [3.05, 3.63) is 42.0 Å². The number of amides is 1. The number of benzene rings is 1. The Morgan fingerprint density at radius 3 is 2.44 bits per heavy atom. The van der Waals surface area contributed by atoms with Crippen LogP contribution >= 0.6 is 0 Å². The molecule has 2 atom stereocenters. The summed E-state index contributed by atoms with van der Waals surface area (Å²) in [5.74, 6) is 0.0563. The first-order valence-electron chi connectivity index (χ1n) is 6.32. The van der Waals surface area contributed by atoms with Gasteiger partial charge in [-0.05, 0) is 25.5 Å². The van der Waals surface area contributed by atoms with Crippen LogP contribution in [0.3, 0.4) is 0 Å². The molecule has 18 heavy (non-hydrogen) atoms. The van der Waals surface area contributed by atoms with E-state index in [0.29, 0.717) is 13.1 Å². The van der Waals surface area contributed by atoms with Gasteiger partial charge in [0.15, 0.2) is 0 Å². The maximum atomic E-state index is 12.0. The molecule has 1 amide bonds. The zero-order valence-corrected chi connectivity index (χ0v) is 10.9. The highest BCUT2D eigenvalue weighted by atomic mass is 16.5. The SMILES string of the molecule is C[C@@H]1CN(C(=O)/C=C/c2ccccc2)C[C@@H](C)O1. The van der Waals surface area contributed by atoms with Crippen LogP contribution in [0, 0.1) is 0 Å². The van der Waals surface area contributed by atoms with Crippen LogP contribution in [0.4, 0.5) is 0 Å². The molecule has 0 N–H and O–H groups in total. The average molecular weight is 245 g/mol. The van der Waals surface area contributed by atoms with Crippen LogP contribution in [-0.2, 0) is 9.53 Å². The molecule has 1 aliphatic rings. The second kappa shape index (κ2) is 5.83. The van der Waals surface area contributed by atoms with Crippen LogP contribution in [0.15, 0.2) is 36.4 Å². The highest BCUT2D eigenvalue weighted by Crippen LogP contribution is 2.11. The Kier molecular flexibility index (Phi) is 4.15. The van der Waals surface area contributed by atoms with Crippen LogP contribution in [0.25, 0.3) is 6.08 Å². The minimum Gasteiger partial charge on any atom is -0.372 e. The molecule has 3 nitrogen and oxygen atoms in total. The summed E-state index contributed by atoms with van der Waals surface area (Å²) in [6.45, 7) is 5.33. The Labute approximate surface area is 108 Å². The third kappa shape index (κ3) is 3.44. The van der Waals surface area contributed by atoms with Crippen molar-refractivity contribution >= 4 is 12.0 Å². The fraction of sp³-hybridized carbons (Fsp3) is 0.400. The number of ether oxygens (including phenoxy) is 1. The predicted octanol–water partition coefficient (Wildman–Crippen LogP) is 2.34. The van der Waals surface area contributed by atoms with E-state index in [4.69, 9.17) is 4.74 Å². The van der Waals surface area contributed by atoms with Gasteiger partial charge in [0.1, 0.15) is 0 Å². The van der Waals surface area contributed by atoms with E-state index in [1.165, 1.54) is 0 Å². The third-order valence-electron chi connectivity index (χ3n) is 2.95. The maximum absolute atomic E-state index is 12.0. The van der Waals surface area contributed by atoms with Gasteiger partial charge in [0.2, 0.25) is 5.91 Å². The molecule has 0 aromatic heterocycles. The van der Waals surface area contributed by atoms with Crippen molar-refractivity contribution in [2.75, 3.05) is 13.1 Å². The normalized spacial score (nSPS) is 24.4. The molecule has 0 radical (unpaired) electrons. The molecule has 0 saturated carbocycles. The minimum absolute atomic E-state index is 0.0563. The zero-order chi connectivity index (χ0) is 13.0. The van der Waals surface area contributed by atoms with Crippen molar-refractivity contribution in [3.8, 4) is 0 Å². The molecule has 0 bridgehead atoms. The molecule has 1 aliphatic heterocycles. The summed E-state index contributed by atoms with van der Waals surface area (Å²) in [6, 6.07) is 9.85. The van der Waals surface area contributed by atoms with E-state index in [9.17, 15) is 4.79 Å². The number of carbonyl (C=O) groups is 1. The number of hydrogen-bond acceptors (Lipinski definition) is 2. The number of morpholine rings is 1. The monoisotopic (exact) mass is 245 g/mol. The number of rotatable bonds is 2. The van der Waals surface area contributed by atoms with Gasteiger partial charge in [-0.1, -0.05) is 30.3 Å². The van der Waals surface area contributed by atoms with Crippen molar-refractivity contribution in [1.29, 1.82) is 0 Å². The predicted molar refractivity (Wildman–Crippen MR) is 72.1 cm³/mol. The van der Waals surface area contributed by atoms with Crippen molar-refractivity contribution < 1.29 is 9.53 Å². The number of hydrogen-bond donors (Lipinski definition) is 0. The molecule has 1 aromatic carbocycles. The molecule has 1 aromatic rings. The lowest BCUT2D eigenvalue weighted by Gasteiger charge is -2.34. The molecule has 1 fully saturated rings. The summed E-state index contributed by atoms with van der Waals surface area (Å²) < 4.78 is 5.61. The molecule has 0 spiro atoms. The lowest BCUT2D eigenvalue weighted by Crippen LogP contribution is -2.47. The first-order chi connectivity index (χ1) is 8.65. The van der Waals surface area contributed by atoms with E-state index in [-0.39, 0.29) is 18.1 Å². The maximum Gasteiger partial charge on any atom is 0.246 e. The fourth-order valence-electron chi connectivity index (χ4n) is 2.19. The largest absolute Gasteiger partial charge is 0.372 e. The van der Waals surface area contributed by atoms with E-state index < -0.39 is 0 Å². The van der Waals surface area contributed by atoms with E-state index >= 15 is 0 Å². The first kappa shape index (κ1) is 12.8. The first-order valence-corrected chi connectivity index (χ1v) is 6.32. The van der Waals surface area contributed by atoms with Crippen molar-refractivity contribution in [1.82, 2.24) is 4.90 Å². The highest BCUT2D eigenvalue weighted by Gasteiger charge is 2.24. The molecule has 1 saturated heterocycles.